The third-order valence-corrected chi connectivity index (χ3v) is 6.23. The number of hydrogen-bond donors (Lipinski definition) is 1. The monoisotopic (exact) mass is 267 g/mol. The highest BCUT2D eigenvalue weighted by atomic mass is 16.3. The van der Waals surface area contributed by atoms with Gasteiger partial charge in [0.25, 0.3) is 0 Å². The second-order valence-electron chi connectivity index (χ2n) is 7.28. The van der Waals surface area contributed by atoms with Gasteiger partial charge in [-0.25, -0.2) is 0 Å². The standard InChI is InChI=1S/C18H21NO/c1-9-2-5-13-12(6-9)8-14(20-13)18(19)17-15-10-3-4-11(7-10)16(15)17/h2,5-6,8,10-11,15-18H,3-4,7,19H2,1H3. The summed E-state index contributed by atoms with van der Waals surface area (Å²) >= 11 is 0. The molecule has 0 aliphatic heterocycles. The lowest BCUT2D eigenvalue weighted by Gasteiger charge is -2.13. The van der Waals surface area contributed by atoms with E-state index in [0.29, 0.717) is 5.92 Å². The van der Waals surface area contributed by atoms with E-state index in [0.717, 1.165) is 35.0 Å². The van der Waals surface area contributed by atoms with Gasteiger partial charge < -0.3 is 10.2 Å². The first-order valence-electron chi connectivity index (χ1n) is 7.98. The van der Waals surface area contributed by atoms with Gasteiger partial charge in [-0.1, -0.05) is 11.6 Å². The van der Waals surface area contributed by atoms with E-state index in [2.05, 4.69) is 31.2 Å². The van der Waals surface area contributed by atoms with E-state index in [1.54, 1.807) is 0 Å². The summed E-state index contributed by atoms with van der Waals surface area (Å²) in [6.07, 6.45) is 4.39. The van der Waals surface area contributed by atoms with Crippen molar-refractivity contribution in [3.05, 3.63) is 35.6 Å². The molecule has 1 aromatic heterocycles. The number of fused-ring (bicyclic) bond motifs is 6. The van der Waals surface area contributed by atoms with Crippen LogP contribution in [0.3, 0.4) is 0 Å². The van der Waals surface area contributed by atoms with Gasteiger partial charge in [-0.15, -0.1) is 0 Å². The number of benzene rings is 1. The van der Waals surface area contributed by atoms with Gasteiger partial charge in [-0.3, -0.25) is 0 Å². The molecule has 0 radical (unpaired) electrons. The maximum absolute atomic E-state index is 6.55. The average molecular weight is 267 g/mol. The van der Waals surface area contributed by atoms with Gasteiger partial charge in [-0.2, -0.15) is 0 Å². The van der Waals surface area contributed by atoms with Crippen molar-refractivity contribution >= 4 is 11.0 Å². The van der Waals surface area contributed by atoms with Crippen LogP contribution in [0, 0.1) is 36.5 Å². The molecule has 3 aliphatic carbocycles. The van der Waals surface area contributed by atoms with Crippen molar-refractivity contribution in [3.8, 4) is 0 Å². The molecule has 2 aromatic rings. The van der Waals surface area contributed by atoms with Gasteiger partial charge in [0, 0.05) is 5.39 Å². The van der Waals surface area contributed by atoms with Crippen molar-refractivity contribution in [1.82, 2.24) is 0 Å². The molecule has 3 saturated carbocycles. The Morgan fingerprint density at radius 1 is 1.15 bits per heavy atom. The van der Waals surface area contributed by atoms with Crippen LogP contribution < -0.4 is 5.73 Å². The van der Waals surface area contributed by atoms with Crippen LogP contribution in [-0.2, 0) is 0 Å². The van der Waals surface area contributed by atoms with Crippen LogP contribution in [0.1, 0.15) is 36.6 Å². The minimum Gasteiger partial charge on any atom is -0.459 e. The van der Waals surface area contributed by atoms with Crippen molar-refractivity contribution in [2.75, 3.05) is 0 Å². The topological polar surface area (TPSA) is 39.2 Å². The summed E-state index contributed by atoms with van der Waals surface area (Å²) in [4.78, 5) is 0. The molecular weight excluding hydrogens is 246 g/mol. The molecule has 2 nitrogen and oxygen atoms in total. The predicted octanol–water partition coefficient (Wildman–Crippen LogP) is 4.03. The van der Waals surface area contributed by atoms with Gasteiger partial charge in [-0.05, 0) is 74.0 Å². The van der Waals surface area contributed by atoms with Crippen LogP contribution in [0.4, 0.5) is 0 Å². The van der Waals surface area contributed by atoms with E-state index >= 15 is 0 Å². The number of furan rings is 1. The van der Waals surface area contributed by atoms with Gasteiger partial charge in [0.05, 0.1) is 6.04 Å². The van der Waals surface area contributed by atoms with E-state index in [4.69, 9.17) is 10.2 Å². The first kappa shape index (κ1) is 11.4. The Balaban J connectivity index is 1.47. The molecule has 5 rings (SSSR count). The maximum Gasteiger partial charge on any atom is 0.134 e. The van der Waals surface area contributed by atoms with Crippen LogP contribution in [0.15, 0.2) is 28.7 Å². The number of hydrogen-bond acceptors (Lipinski definition) is 2. The molecule has 2 heteroatoms. The van der Waals surface area contributed by atoms with Crippen LogP contribution in [0.2, 0.25) is 0 Å². The Morgan fingerprint density at radius 2 is 1.90 bits per heavy atom. The van der Waals surface area contributed by atoms with Crippen molar-refractivity contribution < 1.29 is 4.42 Å². The fourth-order valence-corrected chi connectivity index (χ4v) is 5.41. The molecule has 2 bridgehead atoms. The highest BCUT2D eigenvalue weighted by Gasteiger charge is 2.66. The second kappa shape index (κ2) is 3.67. The smallest absolute Gasteiger partial charge is 0.134 e. The van der Waals surface area contributed by atoms with Crippen molar-refractivity contribution in [2.24, 2.45) is 35.3 Å². The van der Waals surface area contributed by atoms with Crippen LogP contribution in [-0.4, -0.2) is 0 Å². The van der Waals surface area contributed by atoms with Gasteiger partial charge in [0.2, 0.25) is 0 Å². The van der Waals surface area contributed by atoms with Crippen molar-refractivity contribution in [2.45, 2.75) is 32.2 Å². The van der Waals surface area contributed by atoms with Crippen molar-refractivity contribution in [1.29, 1.82) is 0 Å². The van der Waals surface area contributed by atoms with E-state index < -0.39 is 0 Å². The number of rotatable bonds is 2. The molecule has 3 aliphatic rings. The third kappa shape index (κ3) is 1.38. The summed E-state index contributed by atoms with van der Waals surface area (Å²) < 4.78 is 6.02. The van der Waals surface area contributed by atoms with E-state index in [9.17, 15) is 0 Å². The lowest BCUT2D eigenvalue weighted by atomic mass is 9.96. The minimum absolute atomic E-state index is 0.112. The molecule has 0 saturated heterocycles. The van der Waals surface area contributed by atoms with E-state index in [-0.39, 0.29) is 6.04 Å². The molecule has 5 atom stereocenters. The highest BCUT2D eigenvalue weighted by molar-refractivity contribution is 5.78. The predicted molar refractivity (Wildman–Crippen MR) is 79.2 cm³/mol. The zero-order valence-electron chi connectivity index (χ0n) is 11.9. The molecule has 1 aromatic carbocycles. The first-order valence-corrected chi connectivity index (χ1v) is 7.98. The summed E-state index contributed by atoms with van der Waals surface area (Å²) in [5.74, 6) is 5.49. The van der Waals surface area contributed by atoms with Crippen LogP contribution in [0.5, 0.6) is 0 Å². The largest absolute Gasteiger partial charge is 0.459 e. The molecular formula is C18H21NO. The Labute approximate surface area is 119 Å². The fourth-order valence-electron chi connectivity index (χ4n) is 5.41. The van der Waals surface area contributed by atoms with Gasteiger partial charge in [0.1, 0.15) is 11.3 Å². The molecule has 0 amide bonds. The highest BCUT2D eigenvalue weighted by Crippen LogP contribution is 2.71. The molecule has 2 N–H and O–H groups in total. The first-order chi connectivity index (χ1) is 9.72. The maximum atomic E-state index is 6.55. The quantitative estimate of drug-likeness (QED) is 0.892. The summed E-state index contributed by atoms with van der Waals surface area (Å²) in [6, 6.07) is 8.64. The Morgan fingerprint density at radius 3 is 2.65 bits per heavy atom. The lowest BCUT2D eigenvalue weighted by molar-refractivity contribution is 0.379. The second-order valence-corrected chi connectivity index (χ2v) is 7.28. The Bertz CT molecular complexity index is 672. The molecule has 104 valence electrons. The summed E-state index contributed by atoms with van der Waals surface area (Å²) in [5, 5.41) is 1.20. The van der Waals surface area contributed by atoms with Crippen LogP contribution >= 0.6 is 0 Å². The third-order valence-electron chi connectivity index (χ3n) is 6.23. The molecule has 20 heavy (non-hydrogen) atoms. The summed E-state index contributed by atoms with van der Waals surface area (Å²) in [7, 11) is 0. The summed E-state index contributed by atoms with van der Waals surface area (Å²) in [5.41, 5.74) is 8.81. The Kier molecular flexibility index (Phi) is 2.09. The van der Waals surface area contributed by atoms with Crippen LogP contribution in [0.25, 0.3) is 11.0 Å². The molecule has 0 spiro atoms. The average Bonchev–Trinajstić information content (AvgIpc) is 2.81. The Hall–Kier alpha value is -1.28. The van der Waals surface area contributed by atoms with Gasteiger partial charge in [0.15, 0.2) is 0 Å². The zero-order chi connectivity index (χ0) is 13.4. The number of aryl methyl sites for hydroxylation is 1. The molecule has 3 fully saturated rings. The minimum atomic E-state index is 0.112. The molecule has 5 unspecified atom stereocenters. The van der Waals surface area contributed by atoms with Crippen molar-refractivity contribution in [3.63, 3.8) is 0 Å². The molecule has 1 heterocycles. The normalized spacial score (nSPS) is 39.2. The fraction of sp³-hybridized carbons (Fsp3) is 0.556. The van der Waals surface area contributed by atoms with E-state index in [1.165, 1.54) is 30.2 Å². The van der Waals surface area contributed by atoms with Gasteiger partial charge >= 0.3 is 0 Å². The number of nitrogens with two attached hydrogens (primary N) is 1. The summed E-state index contributed by atoms with van der Waals surface area (Å²) in [6.45, 7) is 2.12. The lowest BCUT2D eigenvalue weighted by Crippen LogP contribution is -2.16. The van der Waals surface area contributed by atoms with E-state index in [1.807, 2.05) is 0 Å². The zero-order valence-corrected chi connectivity index (χ0v) is 11.9. The SMILES string of the molecule is Cc1ccc2oc(C(N)C3C4C5CCC(C5)C43)cc2c1.